The Kier molecular flexibility index (Phi) is 6.17. The van der Waals surface area contributed by atoms with Crippen LogP contribution in [-0.4, -0.2) is 28.6 Å². The highest BCUT2D eigenvalue weighted by molar-refractivity contribution is 6.29. The van der Waals surface area contributed by atoms with E-state index in [4.69, 9.17) is 11.6 Å². The van der Waals surface area contributed by atoms with Crippen LogP contribution in [0.5, 0.6) is 0 Å². The third-order valence-electron chi connectivity index (χ3n) is 2.77. The molecule has 1 unspecified atom stereocenters. The number of carbonyl (C=O) groups excluding carboxylic acids is 1. The molecule has 20 heavy (non-hydrogen) atoms. The van der Waals surface area contributed by atoms with Crippen LogP contribution in [-0.2, 0) is 4.79 Å². The summed E-state index contributed by atoms with van der Waals surface area (Å²) >= 11 is 5.68. The Morgan fingerprint density at radius 2 is 2.25 bits per heavy atom. The molecular weight excluding hydrogens is 276 g/mol. The molecule has 5 heteroatoms. The van der Waals surface area contributed by atoms with Gasteiger partial charge in [-0.2, -0.15) is 0 Å². The quantitative estimate of drug-likeness (QED) is 0.627. The Bertz CT molecular complexity index is 467. The molecule has 0 aliphatic heterocycles. The fourth-order valence-corrected chi connectivity index (χ4v) is 2.03. The second-order valence-corrected chi connectivity index (χ2v) is 6.07. The number of amides is 1. The second-order valence-electron chi connectivity index (χ2n) is 5.68. The lowest BCUT2D eigenvalue weighted by Gasteiger charge is -2.26. The van der Waals surface area contributed by atoms with Gasteiger partial charge in [0.15, 0.2) is 0 Å². The summed E-state index contributed by atoms with van der Waals surface area (Å²) in [5.74, 6) is -0.168. The fraction of sp³-hybridized carbons (Fsp3) is 0.467. The van der Waals surface area contributed by atoms with Crippen LogP contribution in [0.1, 0.15) is 32.8 Å². The molecular formula is C15H21ClN2O2. The van der Waals surface area contributed by atoms with Crippen LogP contribution < -0.4 is 5.32 Å². The van der Waals surface area contributed by atoms with Gasteiger partial charge in [-0.15, -0.1) is 0 Å². The Labute approximate surface area is 124 Å². The maximum Gasteiger partial charge on any atom is 0.244 e. The van der Waals surface area contributed by atoms with Crippen molar-refractivity contribution in [3.05, 3.63) is 35.1 Å². The number of aromatic nitrogens is 1. The van der Waals surface area contributed by atoms with Gasteiger partial charge in [0, 0.05) is 18.8 Å². The number of pyridine rings is 1. The lowest BCUT2D eigenvalue weighted by Crippen LogP contribution is -2.34. The first-order valence-corrected chi connectivity index (χ1v) is 6.92. The highest BCUT2D eigenvalue weighted by atomic mass is 35.5. The SMILES string of the molecule is CC(O)CC(C)(C)CNC(=O)/C=C/c1ccc(Cl)nc1. The summed E-state index contributed by atoms with van der Waals surface area (Å²) < 4.78 is 0. The lowest BCUT2D eigenvalue weighted by molar-refractivity contribution is -0.117. The number of carbonyl (C=O) groups is 1. The molecule has 0 aliphatic carbocycles. The molecule has 1 rings (SSSR count). The van der Waals surface area contributed by atoms with E-state index in [-0.39, 0.29) is 17.4 Å². The first-order valence-electron chi connectivity index (χ1n) is 6.54. The number of rotatable bonds is 6. The van der Waals surface area contributed by atoms with Gasteiger partial charge in [0.25, 0.3) is 0 Å². The molecule has 0 aliphatic rings. The second kappa shape index (κ2) is 7.41. The molecule has 1 aromatic heterocycles. The van der Waals surface area contributed by atoms with Crippen LogP contribution in [0.4, 0.5) is 0 Å². The van der Waals surface area contributed by atoms with Crippen molar-refractivity contribution in [3.63, 3.8) is 0 Å². The highest BCUT2D eigenvalue weighted by Gasteiger charge is 2.20. The van der Waals surface area contributed by atoms with Gasteiger partial charge in [0.2, 0.25) is 5.91 Å². The third-order valence-corrected chi connectivity index (χ3v) is 2.99. The molecule has 0 saturated carbocycles. The molecule has 4 nitrogen and oxygen atoms in total. The summed E-state index contributed by atoms with van der Waals surface area (Å²) in [6, 6.07) is 3.46. The van der Waals surface area contributed by atoms with Gasteiger partial charge in [-0.1, -0.05) is 31.5 Å². The number of nitrogens with zero attached hydrogens (tertiary/aromatic N) is 1. The van der Waals surface area contributed by atoms with E-state index in [9.17, 15) is 9.90 Å². The molecule has 2 N–H and O–H groups in total. The summed E-state index contributed by atoms with van der Waals surface area (Å²) in [4.78, 5) is 15.6. The predicted molar refractivity (Wildman–Crippen MR) is 81.4 cm³/mol. The fourth-order valence-electron chi connectivity index (χ4n) is 1.91. The maximum absolute atomic E-state index is 11.7. The van der Waals surface area contributed by atoms with Crippen LogP contribution in [0.15, 0.2) is 24.4 Å². The van der Waals surface area contributed by atoms with E-state index in [0.717, 1.165) is 5.56 Å². The number of aliphatic hydroxyl groups is 1. The number of hydrogen-bond acceptors (Lipinski definition) is 3. The van der Waals surface area contributed by atoms with Gasteiger partial charge in [-0.3, -0.25) is 4.79 Å². The van der Waals surface area contributed by atoms with Crippen molar-refractivity contribution in [1.82, 2.24) is 10.3 Å². The van der Waals surface area contributed by atoms with E-state index >= 15 is 0 Å². The number of aliphatic hydroxyl groups excluding tert-OH is 1. The van der Waals surface area contributed by atoms with E-state index in [0.29, 0.717) is 18.1 Å². The normalized spacial score (nSPS) is 13.4. The van der Waals surface area contributed by atoms with E-state index < -0.39 is 0 Å². The van der Waals surface area contributed by atoms with Crippen molar-refractivity contribution in [2.45, 2.75) is 33.3 Å². The Morgan fingerprint density at radius 1 is 1.55 bits per heavy atom. The number of hydrogen-bond donors (Lipinski definition) is 2. The zero-order chi connectivity index (χ0) is 15.2. The van der Waals surface area contributed by atoms with Crippen molar-refractivity contribution >= 4 is 23.6 Å². The van der Waals surface area contributed by atoms with Crippen LogP contribution in [0, 0.1) is 5.41 Å². The molecule has 0 spiro atoms. The van der Waals surface area contributed by atoms with Gasteiger partial charge in [-0.05, 0) is 36.5 Å². The standard InChI is InChI=1S/C15H21ClN2O2/c1-11(19)8-15(2,3)10-18-14(20)7-5-12-4-6-13(16)17-9-12/h4-7,9,11,19H,8,10H2,1-3H3,(H,18,20)/b7-5+. The summed E-state index contributed by atoms with van der Waals surface area (Å²) in [6.45, 7) is 6.27. The summed E-state index contributed by atoms with van der Waals surface area (Å²) in [5.41, 5.74) is 0.673. The first kappa shape index (κ1) is 16.7. The zero-order valence-electron chi connectivity index (χ0n) is 12.1. The molecule has 1 amide bonds. The highest BCUT2D eigenvalue weighted by Crippen LogP contribution is 2.20. The van der Waals surface area contributed by atoms with Crippen LogP contribution >= 0.6 is 11.6 Å². The first-order chi connectivity index (χ1) is 9.28. The Hall–Kier alpha value is -1.39. The topological polar surface area (TPSA) is 62.2 Å². The minimum atomic E-state index is -0.377. The monoisotopic (exact) mass is 296 g/mol. The molecule has 0 saturated heterocycles. The van der Waals surface area contributed by atoms with Crippen molar-refractivity contribution in [2.24, 2.45) is 5.41 Å². The molecule has 0 bridgehead atoms. The van der Waals surface area contributed by atoms with Crippen molar-refractivity contribution in [1.29, 1.82) is 0 Å². The number of nitrogens with one attached hydrogen (secondary N) is 1. The van der Waals surface area contributed by atoms with Crippen molar-refractivity contribution < 1.29 is 9.90 Å². The van der Waals surface area contributed by atoms with Crippen molar-refractivity contribution in [2.75, 3.05) is 6.54 Å². The molecule has 0 aromatic carbocycles. The van der Waals surface area contributed by atoms with Gasteiger partial charge < -0.3 is 10.4 Å². The van der Waals surface area contributed by atoms with Crippen molar-refractivity contribution in [3.8, 4) is 0 Å². The van der Waals surface area contributed by atoms with E-state index in [1.807, 2.05) is 13.8 Å². The minimum absolute atomic E-state index is 0.139. The average molecular weight is 297 g/mol. The largest absolute Gasteiger partial charge is 0.393 e. The van der Waals surface area contributed by atoms with Gasteiger partial charge >= 0.3 is 0 Å². The molecule has 1 heterocycles. The van der Waals surface area contributed by atoms with Crippen LogP contribution in [0.3, 0.4) is 0 Å². The Balaban J connectivity index is 2.45. The van der Waals surface area contributed by atoms with Crippen LogP contribution in [0.2, 0.25) is 5.15 Å². The smallest absolute Gasteiger partial charge is 0.244 e. The Morgan fingerprint density at radius 3 is 2.80 bits per heavy atom. The molecule has 110 valence electrons. The summed E-state index contributed by atoms with van der Waals surface area (Å²) in [6.07, 6.45) is 5.00. The van der Waals surface area contributed by atoms with E-state index in [1.54, 1.807) is 31.3 Å². The molecule has 0 fully saturated rings. The van der Waals surface area contributed by atoms with Gasteiger partial charge in [-0.25, -0.2) is 4.98 Å². The van der Waals surface area contributed by atoms with Gasteiger partial charge in [0.05, 0.1) is 6.10 Å². The predicted octanol–water partition coefficient (Wildman–Crippen LogP) is 2.66. The van der Waals surface area contributed by atoms with Crippen LogP contribution in [0.25, 0.3) is 6.08 Å². The minimum Gasteiger partial charge on any atom is -0.393 e. The molecule has 0 radical (unpaired) electrons. The van der Waals surface area contributed by atoms with E-state index in [1.165, 1.54) is 6.08 Å². The maximum atomic E-state index is 11.7. The van der Waals surface area contributed by atoms with Gasteiger partial charge in [0.1, 0.15) is 5.15 Å². The third kappa shape index (κ3) is 6.68. The summed E-state index contributed by atoms with van der Waals surface area (Å²) in [5, 5.41) is 12.6. The number of halogens is 1. The average Bonchev–Trinajstić information content (AvgIpc) is 2.34. The molecule has 1 aromatic rings. The summed E-state index contributed by atoms with van der Waals surface area (Å²) in [7, 11) is 0. The molecule has 1 atom stereocenters. The van der Waals surface area contributed by atoms with E-state index in [2.05, 4.69) is 10.3 Å². The zero-order valence-corrected chi connectivity index (χ0v) is 12.8. The lowest BCUT2D eigenvalue weighted by atomic mass is 9.87.